The molecule has 0 aliphatic rings. The van der Waals surface area contributed by atoms with Gasteiger partial charge in [-0.2, -0.15) is 16.4 Å². The third kappa shape index (κ3) is 2.76. The lowest BCUT2D eigenvalue weighted by molar-refractivity contribution is 0.0529. The number of carbonyl (C=O) groups excluding carboxylic acids is 1. The van der Waals surface area contributed by atoms with Crippen molar-refractivity contribution in [2.45, 2.75) is 26.4 Å². The standard InChI is InChI=1S/C14H19N3O2S/c1-9-12(10(2)17(4)16-9)13(18)15-8-14(3,19)11-5-6-20-7-11/h5-7,19H,8H2,1-4H3,(H,15,18). The molecule has 0 aliphatic carbocycles. The number of rotatable bonds is 4. The molecule has 5 nitrogen and oxygen atoms in total. The predicted molar refractivity (Wildman–Crippen MR) is 78.9 cm³/mol. The SMILES string of the molecule is Cc1nn(C)c(C)c1C(=O)NCC(C)(O)c1ccsc1. The van der Waals surface area contributed by atoms with Gasteiger partial charge in [0.1, 0.15) is 5.60 Å². The summed E-state index contributed by atoms with van der Waals surface area (Å²) in [6.45, 7) is 5.51. The zero-order valence-electron chi connectivity index (χ0n) is 12.1. The summed E-state index contributed by atoms with van der Waals surface area (Å²) in [4.78, 5) is 12.2. The van der Waals surface area contributed by atoms with Crippen LogP contribution in [0.3, 0.4) is 0 Å². The Morgan fingerprint density at radius 2 is 2.25 bits per heavy atom. The molecule has 0 saturated carbocycles. The first-order valence-corrected chi connectivity index (χ1v) is 7.30. The van der Waals surface area contributed by atoms with Crippen molar-refractivity contribution in [3.05, 3.63) is 39.3 Å². The predicted octanol–water partition coefficient (Wildman–Crippen LogP) is 1.74. The maximum atomic E-state index is 12.2. The second kappa shape index (κ2) is 5.38. The van der Waals surface area contributed by atoms with Gasteiger partial charge in [-0.05, 0) is 43.2 Å². The molecule has 1 atom stereocenters. The van der Waals surface area contributed by atoms with Crippen LogP contribution in [0.25, 0.3) is 0 Å². The van der Waals surface area contributed by atoms with Gasteiger partial charge in [-0.1, -0.05) is 0 Å². The van der Waals surface area contributed by atoms with Gasteiger partial charge in [0.15, 0.2) is 0 Å². The normalized spacial score (nSPS) is 14.1. The first kappa shape index (κ1) is 14.7. The van der Waals surface area contributed by atoms with Crippen LogP contribution >= 0.6 is 11.3 Å². The van der Waals surface area contributed by atoms with Crippen molar-refractivity contribution in [3.63, 3.8) is 0 Å². The van der Waals surface area contributed by atoms with Crippen LogP contribution in [0.5, 0.6) is 0 Å². The molecule has 20 heavy (non-hydrogen) atoms. The number of aryl methyl sites for hydroxylation is 2. The van der Waals surface area contributed by atoms with Crippen molar-refractivity contribution >= 4 is 17.2 Å². The van der Waals surface area contributed by atoms with E-state index in [0.29, 0.717) is 11.3 Å². The Labute approximate surface area is 122 Å². The Balaban J connectivity index is 2.09. The van der Waals surface area contributed by atoms with Crippen LogP contribution in [0.2, 0.25) is 0 Å². The van der Waals surface area contributed by atoms with E-state index in [4.69, 9.17) is 0 Å². The van der Waals surface area contributed by atoms with Gasteiger partial charge in [0.2, 0.25) is 0 Å². The quantitative estimate of drug-likeness (QED) is 0.902. The highest BCUT2D eigenvalue weighted by molar-refractivity contribution is 7.08. The van der Waals surface area contributed by atoms with E-state index in [-0.39, 0.29) is 12.5 Å². The Hall–Kier alpha value is -1.66. The topological polar surface area (TPSA) is 67.2 Å². The highest BCUT2D eigenvalue weighted by Gasteiger charge is 2.25. The second-order valence-electron chi connectivity index (χ2n) is 5.14. The number of aromatic nitrogens is 2. The van der Waals surface area contributed by atoms with Gasteiger partial charge < -0.3 is 10.4 Å². The summed E-state index contributed by atoms with van der Waals surface area (Å²) in [6, 6.07) is 1.86. The fraction of sp³-hybridized carbons (Fsp3) is 0.429. The lowest BCUT2D eigenvalue weighted by Crippen LogP contribution is -2.38. The average Bonchev–Trinajstić information content (AvgIpc) is 2.97. The first-order valence-electron chi connectivity index (χ1n) is 6.36. The van der Waals surface area contributed by atoms with Crippen molar-refractivity contribution in [3.8, 4) is 0 Å². The lowest BCUT2D eigenvalue weighted by Gasteiger charge is -2.22. The van der Waals surface area contributed by atoms with Crippen molar-refractivity contribution in [2.75, 3.05) is 6.54 Å². The van der Waals surface area contributed by atoms with Crippen molar-refractivity contribution in [1.82, 2.24) is 15.1 Å². The summed E-state index contributed by atoms with van der Waals surface area (Å²) in [6.07, 6.45) is 0. The highest BCUT2D eigenvalue weighted by atomic mass is 32.1. The minimum atomic E-state index is -1.07. The summed E-state index contributed by atoms with van der Waals surface area (Å²) in [5.74, 6) is -0.205. The van der Waals surface area contributed by atoms with Gasteiger partial charge in [0, 0.05) is 12.7 Å². The maximum Gasteiger partial charge on any atom is 0.255 e. The van der Waals surface area contributed by atoms with E-state index in [9.17, 15) is 9.90 Å². The highest BCUT2D eigenvalue weighted by Crippen LogP contribution is 2.22. The third-order valence-electron chi connectivity index (χ3n) is 3.47. The molecular weight excluding hydrogens is 274 g/mol. The van der Waals surface area contributed by atoms with Crippen molar-refractivity contribution < 1.29 is 9.90 Å². The minimum Gasteiger partial charge on any atom is -0.384 e. The van der Waals surface area contributed by atoms with Crippen LogP contribution in [0.4, 0.5) is 0 Å². The van der Waals surface area contributed by atoms with E-state index in [1.165, 1.54) is 11.3 Å². The van der Waals surface area contributed by atoms with Gasteiger partial charge in [-0.15, -0.1) is 0 Å². The molecule has 2 rings (SSSR count). The summed E-state index contributed by atoms with van der Waals surface area (Å²) in [7, 11) is 1.81. The molecule has 0 aromatic carbocycles. The number of thiophene rings is 1. The summed E-state index contributed by atoms with van der Waals surface area (Å²) in [5, 5.41) is 21.2. The molecule has 0 bridgehead atoms. The van der Waals surface area contributed by atoms with Crippen LogP contribution in [0.1, 0.15) is 34.2 Å². The van der Waals surface area contributed by atoms with Crippen molar-refractivity contribution in [1.29, 1.82) is 0 Å². The molecule has 2 aromatic heterocycles. The van der Waals surface area contributed by atoms with E-state index < -0.39 is 5.60 Å². The second-order valence-corrected chi connectivity index (χ2v) is 5.92. The molecule has 6 heteroatoms. The molecule has 0 saturated heterocycles. The van der Waals surface area contributed by atoms with Crippen LogP contribution in [-0.2, 0) is 12.6 Å². The molecule has 1 unspecified atom stereocenters. The molecule has 0 aliphatic heterocycles. The summed E-state index contributed by atoms with van der Waals surface area (Å²) in [5.41, 5.74) is 1.82. The summed E-state index contributed by atoms with van der Waals surface area (Å²) >= 11 is 1.52. The molecule has 0 radical (unpaired) electrons. The zero-order chi connectivity index (χ0) is 14.9. The Kier molecular flexibility index (Phi) is 3.96. The molecular formula is C14H19N3O2S. The molecule has 2 N–H and O–H groups in total. The van der Waals surface area contributed by atoms with E-state index in [1.54, 1.807) is 25.6 Å². The number of hydrogen-bond donors (Lipinski definition) is 2. The van der Waals surface area contributed by atoms with Crippen LogP contribution in [0.15, 0.2) is 16.8 Å². The first-order chi connectivity index (χ1) is 9.33. The van der Waals surface area contributed by atoms with Crippen molar-refractivity contribution in [2.24, 2.45) is 7.05 Å². The van der Waals surface area contributed by atoms with E-state index in [1.807, 2.05) is 23.8 Å². The van der Waals surface area contributed by atoms with Gasteiger partial charge in [-0.25, -0.2) is 0 Å². The molecule has 0 fully saturated rings. The van der Waals surface area contributed by atoms with Gasteiger partial charge in [0.25, 0.3) is 5.91 Å². The van der Waals surface area contributed by atoms with E-state index >= 15 is 0 Å². The number of carbonyl (C=O) groups is 1. The monoisotopic (exact) mass is 293 g/mol. The number of nitrogens with one attached hydrogen (secondary N) is 1. The van der Waals surface area contributed by atoms with Gasteiger partial charge in [-0.3, -0.25) is 9.48 Å². The molecule has 108 valence electrons. The number of nitrogens with zero attached hydrogens (tertiary/aromatic N) is 2. The Bertz CT molecular complexity index is 615. The fourth-order valence-electron chi connectivity index (χ4n) is 2.12. The van der Waals surface area contributed by atoms with E-state index in [0.717, 1.165) is 11.3 Å². The minimum absolute atomic E-state index is 0.163. The smallest absolute Gasteiger partial charge is 0.255 e. The fourth-order valence-corrected chi connectivity index (χ4v) is 2.90. The van der Waals surface area contributed by atoms with Gasteiger partial charge >= 0.3 is 0 Å². The van der Waals surface area contributed by atoms with Gasteiger partial charge in [0.05, 0.1) is 17.8 Å². The largest absolute Gasteiger partial charge is 0.384 e. The number of amides is 1. The summed E-state index contributed by atoms with van der Waals surface area (Å²) < 4.78 is 1.68. The average molecular weight is 293 g/mol. The molecule has 2 heterocycles. The Morgan fingerprint density at radius 3 is 2.75 bits per heavy atom. The number of aliphatic hydroxyl groups is 1. The van der Waals surface area contributed by atoms with Crippen LogP contribution in [-0.4, -0.2) is 27.3 Å². The maximum absolute atomic E-state index is 12.2. The Morgan fingerprint density at radius 1 is 1.55 bits per heavy atom. The van der Waals surface area contributed by atoms with Crippen LogP contribution < -0.4 is 5.32 Å². The molecule has 2 aromatic rings. The van der Waals surface area contributed by atoms with E-state index in [2.05, 4.69) is 10.4 Å². The molecule has 1 amide bonds. The van der Waals surface area contributed by atoms with Crippen LogP contribution in [0, 0.1) is 13.8 Å². The third-order valence-corrected chi connectivity index (χ3v) is 4.16. The number of hydrogen-bond acceptors (Lipinski definition) is 4. The lowest BCUT2D eigenvalue weighted by atomic mass is 9.99. The zero-order valence-corrected chi connectivity index (χ0v) is 12.9. The molecule has 0 spiro atoms.